The molecule has 0 bridgehead atoms. The lowest BCUT2D eigenvalue weighted by Gasteiger charge is -2.27. The minimum Gasteiger partial charge on any atom is -0.481 e. The molecule has 3 rings (SSSR count). The molecule has 0 aliphatic heterocycles. The first-order valence-corrected chi connectivity index (χ1v) is 8.80. The number of aliphatic carboxylic acids is 1. The maximum Gasteiger partial charge on any atom is 0.307 e. The van der Waals surface area contributed by atoms with Gasteiger partial charge in [-0.1, -0.05) is 55.3 Å². The van der Waals surface area contributed by atoms with E-state index in [1.807, 2.05) is 6.07 Å². The molecule has 0 heterocycles. The highest BCUT2D eigenvalue weighted by atomic mass is 16.4. The maximum absolute atomic E-state index is 12.8. The van der Waals surface area contributed by atoms with E-state index in [2.05, 4.69) is 5.32 Å². The van der Waals surface area contributed by atoms with Gasteiger partial charge in [0.15, 0.2) is 5.78 Å². The molecule has 0 aromatic heterocycles. The Morgan fingerprint density at radius 1 is 0.846 bits per heavy atom. The van der Waals surface area contributed by atoms with Crippen LogP contribution in [0.1, 0.15) is 41.6 Å². The first-order valence-electron chi connectivity index (χ1n) is 8.80. The standard InChI is InChI=1S/C21H21NO4/c23-19(14-8-2-1-3-9-14)17-12-6-7-13-18(17)22-20(24)15-10-4-5-11-16(15)21(25)26/h1-3,6-9,12-13,15-16H,4-5,10-11H2,(H,22,24)(H,25,26)/t15-,16+/m1/s1. The van der Waals surface area contributed by atoms with Gasteiger partial charge < -0.3 is 10.4 Å². The number of para-hydroxylation sites is 1. The molecule has 2 aromatic carbocycles. The predicted molar refractivity (Wildman–Crippen MR) is 98.0 cm³/mol. The Hall–Kier alpha value is -2.95. The van der Waals surface area contributed by atoms with Gasteiger partial charge in [-0.25, -0.2) is 0 Å². The summed E-state index contributed by atoms with van der Waals surface area (Å²) in [5, 5.41) is 12.2. The predicted octanol–water partition coefficient (Wildman–Crippen LogP) is 3.75. The first-order chi connectivity index (χ1) is 12.6. The number of nitrogens with one attached hydrogen (secondary N) is 1. The van der Waals surface area contributed by atoms with Crippen LogP contribution in [0.5, 0.6) is 0 Å². The minimum absolute atomic E-state index is 0.181. The van der Waals surface area contributed by atoms with Gasteiger partial charge in [-0.15, -0.1) is 0 Å². The fraction of sp³-hybridized carbons (Fsp3) is 0.286. The molecule has 1 fully saturated rings. The summed E-state index contributed by atoms with van der Waals surface area (Å²) < 4.78 is 0. The molecule has 2 aromatic rings. The lowest BCUT2D eigenvalue weighted by atomic mass is 9.78. The minimum atomic E-state index is -0.932. The second-order valence-electron chi connectivity index (χ2n) is 6.57. The van der Waals surface area contributed by atoms with Crippen LogP contribution in [-0.2, 0) is 9.59 Å². The number of carbonyl (C=O) groups excluding carboxylic acids is 2. The Bertz CT molecular complexity index is 816. The molecule has 134 valence electrons. The van der Waals surface area contributed by atoms with Crippen molar-refractivity contribution in [1.82, 2.24) is 0 Å². The average molecular weight is 351 g/mol. The van der Waals surface area contributed by atoms with Crippen molar-refractivity contribution in [2.24, 2.45) is 11.8 Å². The second kappa shape index (κ2) is 7.95. The molecule has 1 amide bonds. The van der Waals surface area contributed by atoms with E-state index in [-0.39, 0.29) is 11.7 Å². The van der Waals surface area contributed by atoms with Crippen molar-refractivity contribution in [1.29, 1.82) is 0 Å². The van der Waals surface area contributed by atoms with E-state index in [9.17, 15) is 19.5 Å². The van der Waals surface area contributed by atoms with Gasteiger partial charge >= 0.3 is 5.97 Å². The molecule has 1 aliphatic carbocycles. The smallest absolute Gasteiger partial charge is 0.307 e. The lowest BCUT2D eigenvalue weighted by Crippen LogP contribution is -2.36. The lowest BCUT2D eigenvalue weighted by molar-refractivity contribution is -0.147. The van der Waals surface area contributed by atoms with E-state index in [0.717, 1.165) is 12.8 Å². The number of carbonyl (C=O) groups is 3. The molecule has 5 heteroatoms. The fourth-order valence-corrected chi connectivity index (χ4v) is 3.50. The second-order valence-corrected chi connectivity index (χ2v) is 6.57. The Kier molecular flexibility index (Phi) is 5.46. The number of amides is 1. The summed E-state index contributed by atoms with van der Waals surface area (Å²) >= 11 is 0. The van der Waals surface area contributed by atoms with Crippen molar-refractivity contribution in [3.63, 3.8) is 0 Å². The molecule has 5 nitrogen and oxygen atoms in total. The zero-order valence-corrected chi connectivity index (χ0v) is 14.4. The maximum atomic E-state index is 12.8. The Labute approximate surface area is 152 Å². The van der Waals surface area contributed by atoms with E-state index >= 15 is 0 Å². The number of carboxylic acid groups (broad SMARTS) is 1. The molecular weight excluding hydrogens is 330 g/mol. The molecule has 0 radical (unpaired) electrons. The van der Waals surface area contributed by atoms with E-state index in [0.29, 0.717) is 29.7 Å². The summed E-state index contributed by atoms with van der Waals surface area (Å²) in [6.07, 6.45) is 2.73. The van der Waals surface area contributed by atoms with Crippen molar-refractivity contribution in [3.05, 3.63) is 65.7 Å². The van der Waals surface area contributed by atoms with Crippen molar-refractivity contribution in [3.8, 4) is 0 Å². The van der Waals surface area contributed by atoms with Crippen LogP contribution in [0.3, 0.4) is 0 Å². The van der Waals surface area contributed by atoms with Gasteiger partial charge in [0, 0.05) is 11.1 Å². The van der Waals surface area contributed by atoms with Crippen LogP contribution in [0.4, 0.5) is 5.69 Å². The summed E-state index contributed by atoms with van der Waals surface area (Å²) in [5.41, 5.74) is 1.35. The van der Waals surface area contributed by atoms with Gasteiger partial charge in [-0.2, -0.15) is 0 Å². The van der Waals surface area contributed by atoms with E-state index in [1.165, 1.54) is 0 Å². The number of rotatable bonds is 5. The fourth-order valence-electron chi connectivity index (χ4n) is 3.50. The van der Waals surface area contributed by atoms with E-state index < -0.39 is 17.8 Å². The van der Waals surface area contributed by atoms with Crippen molar-refractivity contribution >= 4 is 23.3 Å². The van der Waals surface area contributed by atoms with Crippen LogP contribution in [0.2, 0.25) is 0 Å². The third-order valence-electron chi connectivity index (χ3n) is 4.89. The summed E-state index contributed by atoms with van der Waals surface area (Å²) in [6, 6.07) is 15.7. The molecule has 1 saturated carbocycles. The topological polar surface area (TPSA) is 83.5 Å². The number of hydrogen-bond donors (Lipinski definition) is 2. The van der Waals surface area contributed by atoms with Crippen molar-refractivity contribution < 1.29 is 19.5 Å². The quantitative estimate of drug-likeness (QED) is 0.804. The van der Waals surface area contributed by atoms with E-state index in [4.69, 9.17) is 0 Å². The van der Waals surface area contributed by atoms with Gasteiger partial charge in [0.2, 0.25) is 5.91 Å². The van der Waals surface area contributed by atoms with Crippen molar-refractivity contribution in [2.45, 2.75) is 25.7 Å². The Morgan fingerprint density at radius 2 is 1.46 bits per heavy atom. The highest BCUT2D eigenvalue weighted by Crippen LogP contribution is 2.32. The first kappa shape index (κ1) is 17.9. The Balaban J connectivity index is 1.83. The van der Waals surface area contributed by atoms with Crippen LogP contribution in [-0.4, -0.2) is 22.8 Å². The number of hydrogen-bond acceptors (Lipinski definition) is 3. The molecular formula is C21H21NO4. The molecule has 0 unspecified atom stereocenters. The number of benzene rings is 2. The van der Waals surface area contributed by atoms with Gasteiger partial charge in [-0.05, 0) is 25.0 Å². The van der Waals surface area contributed by atoms with Gasteiger partial charge in [0.1, 0.15) is 0 Å². The molecule has 26 heavy (non-hydrogen) atoms. The zero-order chi connectivity index (χ0) is 18.5. The zero-order valence-electron chi connectivity index (χ0n) is 14.4. The molecule has 0 spiro atoms. The summed E-state index contributed by atoms with van der Waals surface area (Å²) in [4.78, 5) is 36.9. The summed E-state index contributed by atoms with van der Waals surface area (Å²) in [5.74, 6) is -2.68. The third kappa shape index (κ3) is 3.82. The summed E-state index contributed by atoms with van der Waals surface area (Å²) in [7, 11) is 0. The average Bonchev–Trinajstić information content (AvgIpc) is 2.68. The van der Waals surface area contributed by atoms with Crippen LogP contribution in [0.25, 0.3) is 0 Å². The van der Waals surface area contributed by atoms with Crippen molar-refractivity contribution in [2.75, 3.05) is 5.32 Å². The molecule has 1 aliphatic rings. The van der Waals surface area contributed by atoms with Gasteiger partial charge in [0.25, 0.3) is 0 Å². The molecule has 0 saturated heterocycles. The molecule has 2 atom stereocenters. The van der Waals surface area contributed by atoms with Gasteiger partial charge in [0.05, 0.1) is 17.5 Å². The van der Waals surface area contributed by atoms with Crippen LogP contribution in [0, 0.1) is 11.8 Å². The van der Waals surface area contributed by atoms with Crippen LogP contribution >= 0.6 is 0 Å². The SMILES string of the molecule is O=C(c1ccccc1)c1ccccc1NC(=O)[C@@H]1CCCC[C@@H]1C(=O)O. The largest absolute Gasteiger partial charge is 0.481 e. The van der Waals surface area contributed by atoms with Crippen LogP contribution in [0.15, 0.2) is 54.6 Å². The third-order valence-corrected chi connectivity index (χ3v) is 4.89. The normalized spacial score (nSPS) is 19.5. The van der Waals surface area contributed by atoms with Crippen LogP contribution < -0.4 is 5.32 Å². The highest BCUT2D eigenvalue weighted by Gasteiger charge is 2.36. The number of carboxylic acids is 1. The number of ketones is 1. The Morgan fingerprint density at radius 3 is 2.15 bits per heavy atom. The summed E-state index contributed by atoms with van der Waals surface area (Å²) in [6.45, 7) is 0. The van der Waals surface area contributed by atoms with E-state index in [1.54, 1.807) is 48.5 Å². The monoisotopic (exact) mass is 351 g/mol. The van der Waals surface area contributed by atoms with Gasteiger partial charge in [-0.3, -0.25) is 14.4 Å². The molecule has 2 N–H and O–H groups in total. The number of anilines is 1. The highest BCUT2D eigenvalue weighted by molar-refractivity contribution is 6.14.